The molecule has 0 aliphatic rings. The molecule has 1 N–H and O–H groups in total. The molecule has 0 bridgehead atoms. The average Bonchev–Trinajstić information content (AvgIpc) is 3.03. The predicted molar refractivity (Wildman–Crippen MR) is 84.6 cm³/mol. The molecule has 0 aliphatic carbocycles. The number of benzene rings is 1. The number of aromatic nitrogens is 1. The fourth-order valence-electron chi connectivity index (χ4n) is 1.86. The van der Waals surface area contributed by atoms with Gasteiger partial charge in [-0.2, -0.15) is 21.0 Å². The van der Waals surface area contributed by atoms with Crippen LogP contribution in [0.25, 0.3) is 11.3 Å². The minimum Gasteiger partial charge on any atom is -0.330 e. The second-order valence-electron chi connectivity index (χ2n) is 4.75. The van der Waals surface area contributed by atoms with Crippen molar-refractivity contribution in [3.8, 4) is 35.5 Å². The minimum atomic E-state index is -1.95. The van der Waals surface area contributed by atoms with Gasteiger partial charge in [0.1, 0.15) is 12.1 Å². The third kappa shape index (κ3) is 3.11. The first-order chi connectivity index (χ1) is 11.1. The molecule has 1 aromatic carbocycles. The molecule has 0 saturated heterocycles. The Morgan fingerprint density at radius 1 is 1.09 bits per heavy atom. The van der Waals surface area contributed by atoms with Crippen LogP contribution < -0.4 is 5.32 Å². The molecule has 0 saturated carbocycles. The van der Waals surface area contributed by atoms with Gasteiger partial charge in [-0.05, 0) is 6.92 Å². The second kappa shape index (κ2) is 6.58. The molecule has 7 heteroatoms. The standard InChI is InChI=1S/C16H10N6S/c1-11-2-4-12(5-3-11)14-8-23-15(21-14)22-16(9-19,10-20)13(6-17)7-18/h2-5,8,13H,1H3,(H,21,22). The van der Waals surface area contributed by atoms with E-state index < -0.39 is 11.5 Å². The van der Waals surface area contributed by atoms with Crippen LogP contribution in [-0.4, -0.2) is 10.5 Å². The van der Waals surface area contributed by atoms with Gasteiger partial charge in [0.25, 0.3) is 0 Å². The molecule has 6 nitrogen and oxygen atoms in total. The summed E-state index contributed by atoms with van der Waals surface area (Å²) in [6.45, 7) is 1.98. The number of nitrogens with one attached hydrogen (secondary N) is 1. The Bertz CT molecular complexity index is 842. The summed E-state index contributed by atoms with van der Waals surface area (Å²) < 4.78 is 0. The normalized spacial score (nSPS) is 10.2. The Morgan fingerprint density at radius 2 is 1.70 bits per heavy atom. The molecule has 0 atom stereocenters. The lowest BCUT2D eigenvalue weighted by molar-refractivity contribution is 0.646. The van der Waals surface area contributed by atoms with Crippen LogP contribution in [0.3, 0.4) is 0 Å². The van der Waals surface area contributed by atoms with Crippen LogP contribution in [0.2, 0.25) is 0 Å². The molecule has 0 radical (unpaired) electrons. The van der Waals surface area contributed by atoms with Crippen molar-refractivity contribution >= 4 is 16.5 Å². The highest BCUT2D eigenvalue weighted by molar-refractivity contribution is 7.14. The quantitative estimate of drug-likeness (QED) is 0.925. The highest BCUT2D eigenvalue weighted by Gasteiger charge is 2.41. The van der Waals surface area contributed by atoms with Gasteiger partial charge in [0.2, 0.25) is 5.54 Å². The van der Waals surface area contributed by atoms with Gasteiger partial charge in [-0.25, -0.2) is 4.98 Å². The number of nitriles is 4. The van der Waals surface area contributed by atoms with Crippen LogP contribution >= 0.6 is 11.3 Å². The zero-order chi connectivity index (χ0) is 16.9. The summed E-state index contributed by atoms with van der Waals surface area (Å²) in [5.41, 5.74) is 0.761. The number of thiazole rings is 1. The number of hydrogen-bond donors (Lipinski definition) is 1. The van der Waals surface area contributed by atoms with E-state index in [1.807, 2.05) is 31.2 Å². The smallest absolute Gasteiger partial charge is 0.243 e. The van der Waals surface area contributed by atoms with Gasteiger partial charge < -0.3 is 5.32 Å². The molecule has 0 aliphatic heterocycles. The highest BCUT2D eigenvalue weighted by atomic mass is 32.1. The predicted octanol–water partition coefficient (Wildman–Crippen LogP) is 2.98. The zero-order valence-corrected chi connectivity index (χ0v) is 12.9. The Hall–Kier alpha value is -3.39. The monoisotopic (exact) mass is 318 g/mol. The van der Waals surface area contributed by atoms with E-state index >= 15 is 0 Å². The summed E-state index contributed by atoms with van der Waals surface area (Å²) in [7, 11) is 0. The van der Waals surface area contributed by atoms with E-state index in [1.54, 1.807) is 29.7 Å². The van der Waals surface area contributed by atoms with Crippen LogP contribution in [0.1, 0.15) is 5.56 Å². The lowest BCUT2D eigenvalue weighted by atomic mass is 9.89. The molecule has 0 fully saturated rings. The van der Waals surface area contributed by atoms with E-state index in [9.17, 15) is 10.5 Å². The van der Waals surface area contributed by atoms with Gasteiger partial charge in [-0.1, -0.05) is 29.8 Å². The number of aryl methyl sites for hydroxylation is 1. The van der Waals surface area contributed by atoms with E-state index in [-0.39, 0.29) is 0 Å². The third-order valence-corrected chi connectivity index (χ3v) is 3.96. The van der Waals surface area contributed by atoms with Crippen molar-refractivity contribution in [1.82, 2.24) is 4.98 Å². The first kappa shape index (κ1) is 16.0. The Labute approximate surface area is 137 Å². The largest absolute Gasteiger partial charge is 0.330 e. The van der Waals surface area contributed by atoms with E-state index in [0.29, 0.717) is 10.8 Å². The molecule has 0 amide bonds. The van der Waals surface area contributed by atoms with Crippen LogP contribution in [-0.2, 0) is 0 Å². The van der Waals surface area contributed by atoms with E-state index in [2.05, 4.69) is 10.3 Å². The third-order valence-electron chi connectivity index (χ3n) is 3.20. The van der Waals surface area contributed by atoms with Crippen LogP contribution in [0.5, 0.6) is 0 Å². The Morgan fingerprint density at radius 3 is 2.22 bits per heavy atom. The molecular weight excluding hydrogens is 308 g/mol. The molecule has 23 heavy (non-hydrogen) atoms. The molecule has 0 unspecified atom stereocenters. The maximum atomic E-state index is 9.26. The summed E-state index contributed by atoms with van der Waals surface area (Å²) in [6, 6.07) is 14.5. The Balaban J connectivity index is 2.33. The van der Waals surface area contributed by atoms with E-state index in [4.69, 9.17) is 10.5 Å². The molecular formula is C16H10N6S. The van der Waals surface area contributed by atoms with Crippen LogP contribution in [0.15, 0.2) is 29.6 Å². The van der Waals surface area contributed by atoms with Crippen LogP contribution in [0.4, 0.5) is 5.13 Å². The van der Waals surface area contributed by atoms with Gasteiger partial charge in [-0.15, -0.1) is 11.3 Å². The van der Waals surface area contributed by atoms with Crippen molar-refractivity contribution in [3.63, 3.8) is 0 Å². The topological polar surface area (TPSA) is 120 Å². The molecule has 2 aromatic rings. The van der Waals surface area contributed by atoms with Crippen molar-refractivity contribution in [2.24, 2.45) is 5.92 Å². The van der Waals surface area contributed by atoms with Crippen LogP contribution in [0, 0.1) is 58.2 Å². The number of nitrogens with zero attached hydrogens (tertiary/aromatic N) is 5. The summed E-state index contributed by atoms with van der Waals surface area (Å²) in [5.74, 6) is -1.43. The minimum absolute atomic E-state index is 0.305. The van der Waals surface area contributed by atoms with Gasteiger partial charge in [-0.3, -0.25) is 0 Å². The number of hydrogen-bond acceptors (Lipinski definition) is 7. The average molecular weight is 318 g/mol. The van der Waals surface area contributed by atoms with Gasteiger partial charge in [0.05, 0.1) is 17.8 Å². The van der Waals surface area contributed by atoms with Crippen molar-refractivity contribution in [3.05, 3.63) is 35.2 Å². The van der Waals surface area contributed by atoms with E-state index in [1.165, 1.54) is 11.3 Å². The van der Waals surface area contributed by atoms with Crippen molar-refractivity contribution in [1.29, 1.82) is 21.0 Å². The number of rotatable bonds is 4. The second-order valence-corrected chi connectivity index (χ2v) is 5.61. The zero-order valence-electron chi connectivity index (χ0n) is 12.1. The van der Waals surface area contributed by atoms with Gasteiger partial charge >= 0.3 is 0 Å². The highest BCUT2D eigenvalue weighted by Crippen LogP contribution is 2.29. The SMILES string of the molecule is Cc1ccc(-c2csc(NC(C#N)(C#N)C(C#N)C#N)n2)cc1. The number of anilines is 1. The summed E-state index contributed by atoms with van der Waals surface area (Å²) in [4.78, 5) is 4.33. The summed E-state index contributed by atoms with van der Waals surface area (Å²) in [6.07, 6.45) is 0. The summed E-state index contributed by atoms with van der Waals surface area (Å²) >= 11 is 1.20. The first-order valence-corrected chi connectivity index (χ1v) is 7.39. The van der Waals surface area contributed by atoms with Crippen molar-refractivity contribution < 1.29 is 0 Å². The fraction of sp³-hybridized carbons (Fsp3) is 0.188. The molecule has 0 spiro atoms. The Kier molecular flexibility index (Phi) is 4.58. The molecule has 1 aromatic heterocycles. The van der Waals surface area contributed by atoms with Crippen molar-refractivity contribution in [2.45, 2.75) is 12.5 Å². The van der Waals surface area contributed by atoms with Gasteiger partial charge in [0, 0.05) is 10.9 Å². The molecule has 2 rings (SSSR count). The molecule has 110 valence electrons. The summed E-state index contributed by atoms with van der Waals surface area (Å²) in [5, 5.41) is 41.2. The maximum absolute atomic E-state index is 9.26. The lowest BCUT2D eigenvalue weighted by Crippen LogP contribution is -2.42. The van der Waals surface area contributed by atoms with Gasteiger partial charge in [0.15, 0.2) is 11.0 Å². The lowest BCUT2D eigenvalue weighted by Gasteiger charge is -2.19. The van der Waals surface area contributed by atoms with Crippen molar-refractivity contribution in [2.75, 3.05) is 5.32 Å². The first-order valence-electron chi connectivity index (χ1n) is 6.51. The molecule has 1 heterocycles. The maximum Gasteiger partial charge on any atom is 0.243 e. The van der Waals surface area contributed by atoms with E-state index in [0.717, 1.165) is 11.1 Å². The fourth-order valence-corrected chi connectivity index (χ4v) is 2.64.